The Balaban J connectivity index is 1.78. The quantitative estimate of drug-likeness (QED) is 0.675. The van der Waals surface area contributed by atoms with Crippen LogP contribution in [0.3, 0.4) is 0 Å². The van der Waals surface area contributed by atoms with Gasteiger partial charge in [0.15, 0.2) is 0 Å². The summed E-state index contributed by atoms with van der Waals surface area (Å²) >= 11 is 7.61. The van der Waals surface area contributed by atoms with Crippen molar-refractivity contribution < 1.29 is 4.79 Å². The number of amides is 1. The lowest BCUT2D eigenvalue weighted by atomic mass is 10.1. The van der Waals surface area contributed by atoms with Gasteiger partial charge in [-0.15, -0.1) is 11.8 Å². The lowest BCUT2D eigenvalue weighted by Gasteiger charge is -2.04. The maximum absolute atomic E-state index is 12.3. The van der Waals surface area contributed by atoms with E-state index in [1.165, 1.54) is 0 Å². The van der Waals surface area contributed by atoms with Crippen molar-refractivity contribution in [3.63, 3.8) is 0 Å². The van der Waals surface area contributed by atoms with Crippen LogP contribution in [0.5, 0.6) is 0 Å². The Bertz CT molecular complexity index is 847. The van der Waals surface area contributed by atoms with Crippen molar-refractivity contribution in [3.8, 4) is 11.3 Å². The highest BCUT2D eigenvalue weighted by Gasteiger charge is 2.11. The van der Waals surface area contributed by atoms with E-state index in [0.29, 0.717) is 16.4 Å². The fourth-order valence-electron chi connectivity index (χ4n) is 2.13. The molecule has 2 aromatic carbocycles. The highest BCUT2D eigenvalue weighted by Crippen LogP contribution is 2.22. The summed E-state index contributed by atoms with van der Waals surface area (Å²) in [6, 6.07) is 16.7. The predicted octanol–water partition coefficient (Wildman–Crippen LogP) is 4.70. The van der Waals surface area contributed by atoms with Gasteiger partial charge in [-0.2, -0.15) is 5.10 Å². The second kappa shape index (κ2) is 6.89. The summed E-state index contributed by atoms with van der Waals surface area (Å²) in [6.07, 6.45) is 1.99. The zero-order chi connectivity index (χ0) is 16.2. The van der Waals surface area contributed by atoms with Gasteiger partial charge in [0.25, 0.3) is 5.91 Å². The van der Waals surface area contributed by atoms with Gasteiger partial charge < -0.3 is 5.32 Å². The number of benzene rings is 2. The molecule has 3 rings (SSSR count). The van der Waals surface area contributed by atoms with Crippen LogP contribution in [0.15, 0.2) is 59.5 Å². The van der Waals surface area contributed by atoms with Crippen LogP contribution in [0, 0.1) is 0 Å². The molecule has 0 aliphatic rings. The number of hydrogen-bond acceptors (Lipinski definition) is 3. The van der Waals surface area contributed by atoms with E-state index in [2.05, 4.69) is 15.5 Å². The molecule has 0 radical (unpaired) electrons. The molecule has 116 valence electrons. The van der Waals surface area contributed by atoms with Gasteiger partial charge in [-0.25, -0.2) is 0 Å². The molecule has 6 heteroatoms. The molecule has 1 amide bonds. The number of thioether (sulfide) groups is 1. The van der Waals surface area contributed by atoms with Gasteiger partial charge in [0.1, 0.15) is 5.69 Å². The SMILES string of the molecule is CSc1cccc(NC(=O)c2cc(-c3cccc(Cl)c3)n[nH]2)c1. The van der Waals surface area contributed by atoms with E-state index in [4.69, 9.17) is 11.6 Å². The van der Waals surface area contributed by atoms with E-state index in [1.54, 1.807) is 30.0 Å². The summed E-state index contributed by atoms with van der Waals surface area (Å²) in [4.78, 5) is 13.4. The molecular weight excluding hydrogens is 330 g/mol. The minimum Gasteiger partial charge on any atom is -0.321 e. The molecule has 0 bridgehead atoms. The van der Waals surface area contributed by atoms with Crippen LogP contribution >= 0.6 is 23.4 Å². The van der Waals surface area contributed by atoms with Gasteiger partial charge in [0.2, 0.25) is 0 Å². The number of aromatic amines is 1. The third kappa shape index (κ3) is 3.75. The summed E-state index contributed by atoms with van der Waals surface area (Å²) in [7, 11) is 0. The summed E-state index contributed by atoms with van der Waals surface area (Å²) in [6.45, 7) is 0. The average Bonchev–Trinajstić information content (AvgIpc) is 3.05. The standard InChI is InChI=1S/C17H14ClN3OS/c1-23-14-7-3-6-13(9-14)19-17(22)16-10-15(20-21-16)11-4-2-5-12(18)8-11/h2-10H,1H3,(H,19,22)(H,20,21). The lowest BCUT2D eigenvalue weighted by molar-refractivity contribution is 0.102. The number of rotatable bonds is 4. The van der Waals surface area contributed by atoms with E-state index < -0.39 is 0 Å². The molecule has 0 spiro atoms. The number of nitrogens with zero attached hydrogens (tertiary/aromatic N) is 1. The molecule has 3 aromatic rings. The Kier molecular flexibility index (Phi) is 4.69. The third-order valence-corrected chi connectivity index (χ3v) is 4.23. The summed E-state index contributed by atoms with van der Waals surface area (Å²) in [5, 5.41) is 10.4. The molecule has 1 heterocycles. The monoisotopic (exact) mass is 343 g/mol. The van der Waals surface area contributed by atoms with Crippen molar-refractivity contribution in [3.05, 3.63) is 65.3 Å². The third-order valence-electron chi connectivity index (χ3n) is 3.27. The first kappa shape index (κ1) is 15.6. The van der Waals surface area contributed by atoms with Gasteiger partial charge in [0, 0.05) is 21.2 Å². The molecule has 0 unspecified atom stereocenters. The molecule has 0 saturated heterocycles. The molecule has 0 saturated carbocycles. The topological polar surface area (TPSA) is 57.8 Å². The molecule has 0 atom stereocenters. The second-order valence-electron chi connectivity index (χ2n) is 4.86. The van der Waals surface area contributed by atoms with Crippen LogP contribution in [-0.2, 0) is 0 Å². The van der Waals surface area contributed by atoms with Crippen molar-refractivity contribution >= 4 is 35.0 Å². The smallest absolute Gasteiger partial charge is 0.273 e. The van der Waals surface area contributed by atoms with Gasteiger partial charge in [-0.1, -0.05) is 29.8 Å². The Labute approximate surface area is 143 Å². The number of halogens is 1. The highest BCUT2D eigenvalue weighted by atomic mass is 35.5. The molecular formula is C17H14ClN3OS. The Morgan fingerprint density at radius 2 is 2.00 bits per heavy atom. The average molecular weight is 344 g/mol. The largest absolute Gasteiger partial charge is 0.321 e. The zero-order valence-corrected chi connectivity index (χ0v) is 13.9. The molecule has 0 aliphatic heterocycles. The Morgan fingerprint density at radius 1 is 1.17 bits per heavy atom. The fraction of sp³-hybridized carbons (Fsp3) is 0.0588. The number of carbonyl (C=O) groups is 1. The van der Waals surface area contributed by atoms with Crippen LogP contribution in [0.4, 0.5) is 5.69 Å². The normalized spacial score (nSPS) is 10.5. The van der Waals surface area contributed by atoms with E-state index in [9.17, 15) is 4.79 Å². The maximum atomic E-state index is 12.3. The number of anilines is 1. The molecule has 0 fully saturated rings. The molecule has 0 aliphatic carbocycles. The van der Waals surface area contributed by atoms with E-state index in [-0.39, 0.29) is 5.91 Å². The molecule has 1 aromatic heterocycles. The summed E-state index contributed by atoms with van der Waals surface area (Å²) in [5.41, 5.74) is 2.68. The molecule has 2 N–H and O–H groups in total. The molecule has 23 heavy (non-hydrogen) atoms. The van der Waals surface area contributed by atoms with Crippen molar-refractivity contribution in [2.24, 2.45) is 0 Å². The second-order valence-corrected chi connectivity index (χ2v) is 6.18. The van der Waals surface area contributed by atoms with Crippen LogP contribution in [0.2, 0.25) is 5.02 Å². The van der Waals surface area contributed by atoms with Crippen LogP contribution in [0.25, 0.3) is 11.3 Å². The Hall–Kier alpha value is -2.24. The van der Waals surface area contributed by atoms with Gasteiger partial charge in [-0.3, -0.25) is 9.89 Å². The lowest BCUT2D eigenvalue weighted by Crippen LogP contribution is -2.12. The van der Waals surface area contributed by atoms with E-state index in [1.807, 2.05) is 42.7 Å². The first-order valence-electron chi connectivity index (χ1n) is 6.92. The van der Waals surface area contributed by atoms with Crippen molar-refractivity contribution in [1.29, 1.82) is 0 Å². The van der Waals surface area contributed by atoms with Crippen molar-refractivity contribution in [2.45, 2.75) is 4.90 Å². The van der Waals surface area contributed by atoms with Gasteiger partial charge in [-0.05, 0) is 42.7 Å². The predicted molar refractivity (Wildman–Crippen MR) is 95.2 cm³/mol. The van der Waals surface area contributed by atoms with E-state index >= 15 is 0 Å². The number of carbonyl (C=O) groups excluding carboxylic acids is 1. The highest BCUT2D eigenvalue weighted by molar-refractivity contribution is 7.98. The zero-order valence-electron chi connectivity index (χ0n) is 12.3. The van der Waals surface area contributed by atoms with Gasteiger partial charge in [0.05, 0.1) is 5.69 Å². The van der Waals surface area contributed by atoms with Crippen molar-refractivity contribution in [1.82, 2.24) is 10.2 Å². The molecule has 4 nitrogen and oxygen atoms in total. The number of hydrogen-bond donors (Lipinski definition) is 2. The first-order chi connectivity index (χ1) is 11.2. The van der Waals surface area contributed by atoms with Crippen LogP contribution < -0.4 is 5.32 Å². The maximum Gasteiger partial charge on any atom is 0.273 e. The van der Waals surface area contributed by atoms with Crippen LogP contribution in [0.1, 0.15) is 10.5 Å². The first-order valence-corrected chi connectivity index (χ1v) is 8.53. The van der Waals surface area contributed by atoms with Gasteiger partial charge >= 0.3 is 0 Å². The summed E-state index contributed by atoms with van der Waals surface area (Å²) in [5.74, 6) is -0.232. The fourth-order valence-corrected chi connectivity index (χ4v) is 2.78. The minimum absolute atomic E-state index is 0.232. The summed E-state index contributed by atoms with van der Waals surface area (Å²) < 4.78 is 0. The van der Waals surface area contributed by atoms with Crippen LogP contribution in [-0.4, -0.2) is 22.4 Å². The number of H-pyrrole nitrogens is 1. The Morgan fingerprint density at radius 3 is 2.78 bits per heavy atom. The van der Waals surface area contributed by atoms with Crippen molar-refractivity contribution in [2.75, 3.05) is 11.6 Å². The number of aromatic nitrogens is 2. The number of nitrogens with one attached hydrogen (secondary N) is 2. The minimum atomic E-state index is -0.232. The van der Waals surface area contributed by atoms with E-state index in [0.717, 1.165) is 16.1 Å².